The maximum absolute atomic E-state index is 13.1. The van der Waals surface area contributed by atoms with Crippen LogP contribution in [0.25, 0.3) is 0 Å². The lowest BCUT2D eigenvalue weighted by Crippen LogP contribution is -2.22. The molecule has 2 fully saturated rings. The topological polar surface area (TPSA) is 51.3 Å². The second-order valence-corrected chi connectivity index (χ2v) is 9.29. The molecule has 3 aliphatic carbocycles. The van der Waals surface area contributed by atoms with Crippen molar-refractivity contribution in [2.45, 2.75) is 51.4 Å². The van der Waals surface area contributed by atoms with E-state index in [1.807, 2.05) is 19.9 Å². The Balaban J connectivity index is 1.79. The lowest BCUT2D eigenvalue weighted by atomic mass is 9.80. The number of fused-ring (bicyclic) bond motifs is 8. The van der Waals surface area contributed by atoms with E-state index in [0.717, 1.165) is 11.8 Å². The number of nitrogens with one attached hydrogen (secondary N) is 1. The Kier molecular flexibility index (Phi) is 4.04. The molecule has 1 aromatic rings. The van der Waals surface area contributed by atoms with Crippen LogP contribution in [0.2, 0.25) is 0 Å². The zero-order chi connectivity index (χ0) is 16.2. The minimum Gasteiger partial charge on any atom is -0.349 e. The van der Waals surface area contributed by atoms with Gasteiger partial charge >= 0.3 is 7.60 Å². The lowest BCUT2D eigenvalue weighted by Gasteiger charge is -2.28. The van der Waals surface area contributed by atoms with Gasteiger partial charge in [0.1, 0.15) is 4.64 Å². The van der Waals surface area contributed by atoms with Crippen molar-refractivity contribution in [1.29, 1.82) is 0 Å². The van der Waals surface area contributed by atoms with E-state index < -0.39 is 7.60 Å². The van der Waals surface area contributed by atoms with Gasteiger partial charge in [0.15, 0.2) is 0 Å². The van der Waals surface area contributed by atoms with Crippen LogP contribution in [0.3, 0.4) is 0 Å². The first-order chi connectivity index (χ1) is 11.1. The fourth-order valence-electron chi connectivity index (χ4n) is 5.21. The van der Waals surface area contributed by atoms with Gasteiger partial charge in [0, 0.05) is 11.6 Å². The molecular weight excluding hydrogens is 329 g/mol. The van der Waals surface area contributed by atoms with E-state index in [2.05, 4.69) is 4.98 Å². The van der Waals surface area contributed by atoms with Gasteiger partial charge in [-0.1, -0.05) is 18.6 Å². The normalized spacial score (nSPS) is 31.4. The minimum atomic E-state index is -3.33. The Bertz CT molecular complexity index is 721. The summed E-state index contributed by atoms with van der Waals surface area (Å²) in [4.78, 5) is 3.41. The molecule has 4 atom stereocenters. The van der Waals surface area contributed by atoms with Crippen molar-refractivity contribution in [3.63, 3.8) is 0 Å². The number of hydrogen-bond donors (Lipinski definition) is 1. The molecule has 4 nitrogen and oxygen atoms in total. The Labute approximate surface area is 142 Å². The first-order valence-electron chi connectivity index (χ1n) is 8.75. The summed E-state index contributed by atoms with van der Waals surface area (Å²) in [7, 11) is -3.33. The molecule has 0 aromatic carbocycles. The average Bonchev–Trinajstić information content (AvgIpc) is 3.18. The second-order valence-electron chi connectivity index (χ2n) is 6.89. The third-order valence-electron chi connectivity index (χ3n) is 5.91. The summed E-state index contributed by atoms with van der Waals surface area (Å²) >= 11 is 5.52. The Morgan fingerprint density at radius 1 is 1.22 bits per heavy atom. The van der Waals surface area contributed by atoms with Gasteiger partial charge in [-0.15, -0.1) is 0 Å². The van der Waals surface area contributed by atoms with Crippen LogP contribution in [0.1, 0.15) is 62.6 Å². The summed E-state index contributed by atoms with van der Waals surface area (Å²) in [5.74, 6) is 2.86. The van der Waals surface area contributed by atoms with Crippen molar-refractivity contribution in [2.75, 3.05) is 13.2 Å². The van der Waals surface area contributed by atoms with E-state index in [4.69, 9.17) is 21.3 Å². The van der Waals surface area contributed by atoms with E-state index in [1.165, 1.54) is 36.9 Å². The Morgan fingerprint density at radius 2 is 1.87 bits per heavy atom. The van der Waals surface area contributed by atoms with Gasteiger partial charge < -0.3 is 14.0 Å². The van der Waals surface area contributed by atoms with Crippen molar-refractivity contribution in [1.82, 2.24) is 4.98 Å². The largest absolute Gasteiger partial charge is 0.364 e. The number of pyridine rings is 1. The smallest absolute Gasteiger partial charge is 0.349 e. The van der Waals surface area contributed by atoms with Gasteiger partial charge in [-0.3, -0.25) is 4.57 Å². The molecule has 1 heterocycles. The van der Waals surface area contributed by atoms with Crippen molar-refractivity contribution in [3.05, 3.63) is 22.0 Å². The number of H-pyrrole nitrogens is 1. The Morgan fingerprint density at radius 3 is 2.52 bits per heavy atom. The van der Waals surface area contributed by atoms with E-state index in [9.17, 15) is 4.57 Å². The highest BCUT2D eigenvalue weighted by atomic mass is 32.1. The maximum Gasteiger partial charge on any atom is 0.364 e. The van der Waals surface area contributed by atoms with Gasteiger partial charge in [-0.2, -0.15) is 0 Å². The molecule has 0 aliphatic heterocycles. The predicted octanol–water partition coefficient (Wildman–Crippen LogP) is 4.64. The maximum atomic E-state index is 13.1. The second kappa shape index (κ2) is 5.80. The molecule has 23 heavy (non-hydrogen) atoms. The van der Waals surface area contributed by atoms with Gasteiger partial charge in [-0.05, 0) is 62.5 Å². The molecule has 6 heteroatoms. The third-order valence-corrected chi connectivity index (χ3v) is 8.53. The molecule has 0 saturated heterocycles. The SMILES string of the molecule is CCOP(=O)(OCC)c1cc2c([nH]c1=S)[C@@H]1C[C@@H]2[C@H]2CCC[C@@H]21. The van der Waals surface area contributed by atoms with Crippen LogP contribution in [0.4, 0.5) is 0 Å². The van der Waals surface area contributed by atoms with Gasteiger partial charge in [-0.25, -0.2) is 0 Å². The van der Waals surface area contributed by atoms with Gasteiger partial charge in [0.2, 0.25) is 0 Å². The zero-order valence-electron chi connectivity index (χ0n) is 13.7. The number of aromatic amines is 1. The standard InChI is InChI=1S/C17H24NO3PS/c1-3-20-22(19,21-4-2)15-9-14-12-8-13(16(14)18-17(15)23)11-7-5-6-10(11)12/h9-13H,3-8H2,1-2H3,(H,18,23)/t10-,11-,12+,13+/m0/s1. The summed E-state index contributed by atoms with van der Waals surface area (Å²) in [6.07, 6.45) is 5.27. The first kappa shape index (κ1) is 16.0. The van der Waals surface area contributed by atoms with Crippen molar-refractivity contribution in [3.8, 4) is 0 Å². The molecule has 4 rings (SSSR count). The molecule has 1 N–H and O–H groups in total. The molecular formula is C17H24NO3PS. The highest BCUT2D eigenvalue weighted by molar-refractivity contribution is 7.72. The molecule has 2 bridgehead atoms. The lowest BCUT2D eigenvalue weighted by molar-refractivity contribution is 0.229. The van der Waals surface area contributed by atoms with E-state index in [1.54, 1.807) is 0 Å². The minimum absolute atomic E-state index is 0.347. The van der Waals surface area contributed by atoms with Crippen molar-refractivity contribution >= 4 is 25.1 Å². The zero-order valence-corrected chi connectivity index (χ0v) is 15.4. The summed E-state index contributed by atoms with van der Waals surface area (Å²) in [5, 5.41) is 0.553. The molecule has 1 aromatic heterocycles. The summed E-state index contributed by atoms with van der Waals surface area (Å²) in [6.45, 7) is 4.35. The predicted molar refractivity (Wildman–Crippen MR) is 93.0 cm³/mol. The van der Waals surface area contributed by atoms with Crippen LogP contribution in [0, 0.1) is 16.5 Å². The van der Waals surface area contributed by atoms with Crippen LogP contribution in [0.5, 0.6) is 0 Å². The monoisotopic (exact) mass is 353 g/mol. The molecule has 2 saturated carbocycles. The molecule has 3 aliphatic rings. The fraction of sp³-hybridized carbons (Fsp3) is 0.706. The molecule has 0 radical (unpaired) electrons. The van der Waals surface area contributed by atoms with Crippen LogP contribution < -0.4 is 5.30 Å². The number of rotatable bonds is 5. The molecule has 0 unspecified atom stereocenters. The Hall–Kier alpha value is -0.480. The quantitative estimate of drug-likeness (QED) is 0.619. The van der Waals surface area contributed by atoms with E-state index >= 15 is 0 Å². The summed E-state index contributed by atoms with van der Waals surface area (Å²) in [5.41, 5.74) is 2.62. The van der Waals surface area contributed by atoms with Gasteiger partial charge in [0.25, 0.3) is 0 Å². The highest BCUT2D eigenvalue weighted by Gasteiger charge is 2.53. The fourth-order valence-corrected chi connectivity index (χ4v) is 7.35. The number of aromatic nitrogens is 1. The highest BCUT2D eigenvalue weighted by Crippen LogP contribution is 2.64. The van der Waals surface area contributed by atoms with E-state index in [0.29, 0.717) is 35.0 Å². The van der Waals surface area contributed by atoms with Crippen LogP contribution in [0.15, 0.2) is 6.07 Å². The number of hydrogen-bond acceptors (Lipinski definition) is 4. The third kappa shape index (κ3) is 2.31. The molecule has 126 valence electrons. The molecule has 0 spiro atoms. The molecule has 0 amide bonds. The van der Waals surface area contributed by atoms with Crippen molar-refractivity contribution < 1.29 is 13.6 Å². The first-order valence-corrected chi connectivity index (χ1v) is 10.7. The van der Waals surface area contributed by atoms with Crippen LogP contribution in [-0.4, -0.2) is 18.2 Å². The summed E-state index contributed by atoms with van der Waals surface area (Å²) in [6, 6.07) is 2.04. The van der Waals surface area contributed by atoms with Crippen LogP contribution >= 0.6 is 19.8 Å². The van der Waals surface area contributed by atoms with Gasteiger partial charge in [0.05, 0.1) is 18.5 Å². The van der Waals surface area contributed by atoms with E-state index in [-0.39, 0.29) is 0 Å². The average molecular weight is 353 g/mol. The van der Waals surface area contributed by atoms with Crippen LogP contribution in [-0.2, 0) is 13.6 Å². The van der Waals surface area contributed by atoms with Crippen molar-refractivity contribution in [2.24, 2.45) is 11.8 Å². The summed E-state index contributed by atoms with van der Waals surface area (Å²) < 4.78 is 24.7.